The zero-order chi connectivity index (χ0) is 33.9. The topological polar surface area (TPSA) is 38.7 Å². The van der Waals surface area contributed by atoms with E-state index in [9.17, 15) is 0 Å². The first kappa shape index (κ1) is 34.0. The minimum Gasteiger partial charge on any atom is -0.493 e. The van der Waals surface area contributed by atoms with Crippen molar-refractivity contribution in [2.45, 2.75) is 26.7 Å². The SMILES string of the molecule is CCc1cc[c-]c(N2[CH-]N(c3cccc(CC)c3)c3ccccc32)c1.[Ir].[c-]1ccccc1N1[CH-]N(c2ccccc2)c2nc3ccccc3nc21. The third-order valence-corrected chi connectivity index (χ3v) is 8.96. The van der Waals surface area contributed by atoms with Gasteiger partial charge in [-0.3, -0.25) is 0 Å². The summed E-state index contributed by atoms with van der Waals surface area (Å²) in [5, 5.41) is 0. The zero-order valence-corrected chi connectivity index (χ0v) is 30.8. The Hall–Kier alpha value is -5.49. The van der Waals surface area contributed by atoms with E-state index in [1.165, 1.54) is 28.2 Å². The molecule has 0 amide bonds. The van der Waals surface area contributed by atoms with Gasteiger partial charge in [0.1, 0.15) is 11.6 Å². The average molecular weight is 841 g/mol. The summed E-state index contributed by atoms with van der Waals surface area (Å²) in [7, 11) is 0. The monoisotopic (exact) mass is 841 g/mol. The summed E-state index contributed by atoms with van der Waals surface area (Å²) >= 11 is 0. The maximum absolute atomic E-state index is 4.87. The standard InChI is InChI=1S/C23H22N2.C21H14N4.Ir/c1-3-18-9-7-11-20(15-18)24-17-25(23-14-6-5-13-22(23)24)21-12-8-10-19(4-2)16-21;1-3-9-16(10-4-1)24-15-25(17-11-5-2-6-12-17)21-20(24)22-18-13-7-8-14-19(18)23-21;/h5-11,13-17H,3-4H2,1-2H3;1-11,13-15H;/q2*-2;. The molecule has 7 heteroatoms. The van der Waals surface area contributed by atoms with Crippen LogP contribution in [0.2, 0.25) is 0 Å². The molecule has 1 radical (unpaired) electrons. The number of nitrogens with zero attached hydrogens (tertiary/aromatic N) is 6. The smallest absolute Gasteiger partial charge is 0.146 e. The van der Waals surface area contributed by atoms with Gasteiger partial charge in [-0.1, -0.05) is 74.9 Å². The molecule has 0 unspecified atom stereocenters. The number of aromatic nitrogens is 2. The second-order valence-corrected chi connectivity index (χ2v) is 12.1. The van der Waals surface area contributed by atoms with Crippen LogP contribution in [0.3, 0.4) is 0 Å². The molecule has 6 aromatic carbocycles. The average Bonchev–Trinajstić information content (AvgIpc) is 3.77. The van der Waals surface area contributed by atoms with E-state index in [1.807, 2.05) is 84.4 Å². The molecule has 2 aliphatic rings. The van der Waals surface area contributed by atoms with Crippen LogP contribution in [-0.4, -0.2) is 9.97 Å². The Morgan fingerprint density at radius 1 is 0.490 bits per heavy atom. The fourth-order valence-electron chi connectivity index (χ4n) is 6.31. The first-order valence-corrected chi connectivity index (χ1v) is 17.0. The Morgan fingerprint density at radius 2 is 1.08 bits per heavy atom. The molecule has 0 saturated heterocycles. The maximum atomic E-state index is 4.87. The number of rotatable bonds is 6. The second-order valence-electron chi connectivity index (χ2n) is 12.1. The van der Waals surface area contributed by atoms with E-state index in [0.29, 0.717) is 0 Å². The summed E-state index contributed by atoms with van der Waals surface area (Å²) < 4.78 is 0. The Kier molecular flexibility index (Phi) is 10.1. The molecule has 0 spiro atoms. The summed E-state index contributed by atoms with van der Waals surface area (Å²) in [6, 6.07) is 56.3. The minimum atomic E-state index is 0. The first-order valence-electron chi connectivity index (χ1n) is 17.0. The maximum Gasteiger partial charge on any atom is 0.146 e. The van der Waals surface area contributed by atoms with Crippen LogP contribution in [0.4, 0.5) is 45.8 Å². The van der Waals surface area contributed by atoms with Crippen molar-refractivity contribution < 1.29 is 20.1 Å². The van der Waals surface area contributed by atoms with Gasteiger partial charge in [0.05, 0.1) is 11.0 Å². The van der Waals surface area contributed by atoms with Gasteiger partial charge in [-0.25, -0.2) is 9.97 Å². The number of aryl methyl sites for hydroxylation is 2. The fraction of sp³-hybridized carbons (Fsp3) is 0.0909. The summed E-state index contributed by atoms with van der Waals surface area (Å²) in [4.78, 5) is 18.3. The van der Waals surface area contributed by atoms with Gasteiger partial charge >= 0.3 is 0 Å². The van der Waals surface area contributed by atoms with Crippen molar-refractivity contribution in [1.82, 2.24) is 9.97 Å². The van der Waals surface area contributed by atoms with Crippen molar-refractivity contribution in [2.24, 2.45) is 0 Å². The molecule has 255 valence electrons. The van der Waals surface area contributed by atoms with Gasteiger partial charge in [0, 0.05) is 42.9 Å². The molecule has 7 aromatic rings. The van der Waals surface area contributed by atoms with E-state index in [2.05, 4.69) is 120 Å². The Balaban J connectivity index is 0.000000156. The van der Waals surface area contributed by atoms with E-state index < -0.39 is 0 Å². The molecule has 0 fully saturated rings. The van der Waals surface area contributed by atoms with Crippen LogP contribution < -0.4 is 19.6 Å². The van der Waals surface area contributed by atoms with Crippen LogP contribution >= 0.6 is 0 Å². The van der Waals surface area contributed by atoms with Crippen molar-refractivity contribution in [2.75, 3.05) is 19.6 Å². The van der Waals surface area contributed by atoms with E-state index in [4.69, 9.17) is 9.97 Å². The third kappa shape index (κ3) is 6.83. The molecule has 0 bridgehead atoms. The number of hydrogen-bond acceptors (Lipinski definition) is 6. The van der Waals surface area contributed by atoms with E-state index in [1.54, 1.807) is 0 Å². The summed E-state index contributed by atoms with van der Waals surface area (Å²) in [5.74, 6) is 1.63. The van der Waals surface area contributed by atoms with Crippen LogP contribution in [0.5, 0.6) is 0 Å². The van der Waals surface area contributed by atoms with E-state index >= 15 is 0 Å². The van der Waals surface area contributed by atoms with Crippen molar-refractivity contribution in [3.63, 3.8) is 0 Å². The Labute approximate surface area is 314 Å². The van der Waals surface area contributed by atoms with Crippen LogP contribution in [0, 0.1) is 25.5 Å². The molecular formula is C44H36IrN6-4. The second kappa shape index (κ2) is 15.2. The first-order chi connectivity index (χ1) is 24.7. The molecule has 6 nitrogen and oxygen atoms in total. The van der Waals surface area contributed by atoms with Crippen LogP contribution in [-0.2, 0) is 32.9 Å². The predicted molar refractivity (Wildman–Crippen MR) is 205 cm³/mol. The number of anilines is 8. The van der Waals surface area contributed by atoms with Gasteiger partial charge in [-0.2, -0.15) is 54.1 Å². The molecule has 0 saturated carbocycles. The van der Waals surface area contributed by atoms with Gasteiger partial charge in [-0.15, -0.1) is 30.8 Å². The predicted octanol–water partition coefficient (Wildman–Crippen LogP) is 10.9. The molecule has 51 heavy (non-hydrogen) atoms. The van der Waals surface area contributed by atoms with E-state index in [0.717, 1.165) is 52.6 Å². The number of benzene rings is 6. The van der Waals surface area contributed by atoms with Gasteiger partial charge < -0.3 is 19.6 Å². The molecule has 3 heterocycles. The molecule has 1 aromatic heterocycles. The van der Waals surface area contributed by atoms with Gasteiger partial charge in [0.15, 0.2) is 0 Å². The van der Waals surface area contributed by atoms with Crippen LogP contribution in [0.1, 0.15) is 25.0 Å². The molecular weight excluding hydrogens is 805 g/mol. The molecule has 0 N–H and O–H groups in total. The third-order valence-electron chi connectivity index (χ3n) is 8.96. The van der Waals surface area contributed by atoms with Crippen molar-refractivity contribution in [3.8, 4) is 0 Å². The Morgan fingerprint density at radius 3 is 1.78 bits per heavy atom. The molecule has 0 aliphatic carbocycles. The number of para-hydroxylation sites is 6. The van der Waals surface area contributed by atoms with Crippen LogP contribution in [0.15, 0.2) is 146 Å². The number of hydrogen-bond donors (Lipinski definition) is 0. The largest absolute Gasteiger partial charge is 0.493 e. The molecule has 9 rings (SSSR count). The van der Waals surface area contributed by atoms with Crippen molar-refractivity contribution in [1.29, 1.82) is 0 Å². The van der Waals surface area contributed by atoms with Gasteiger partial charge in [-0.05, 0) is 60.5 Å². The summed E-state index contributed by atoms with van der Waals surface area (Å²) in [6.45, 7) is 8.57. The summed E-state index contributed by atoms with van der Waals surface area (Å²) in [6.07, 6.45) is 2.07. The quantitative estimate of drug-likeness (QED) is 0.155. The van der Waals surface area contributed by atoms with Crippen molar-refractivity contribution in [3.05, 3.63) is 182 Å². The van der Waals surface area contributed by atoms with Crippen molar-refractivity contribution >= 4 is 56.8 Å². The Bertz CT molecular complexity index is 2090. The number of fused-ring (bicyclic) bond motifs is 3. The fourth-order valence-corrected chi connectivity index (χ4v) is 6.31. The van der Waals surface area contributed by atoms with Crippen LogP contribution in [0.25, 0.3) is 11.0 Å². The molecule has 0 atom stereocenters. The minimum absolute atomic E-state index is 0. The molecule has 2 aliphatic heterocycles. The van der Waals surface area contributed by atoms with Gasteiger partial charge in [0.25, 0.3) is 0 Å². The van der Waals surface area contributed by atoms with Gasteiger partial charge in [0.2, 0.25) is 0 Å². The normalized spacial score (nSPS) is 13.0. The van der Waals surface area contributed by atoms with E-state index in [-0.39, 0.29) is 20.1 Å². The summed E-state index contributed by atoms with van der Waals surface area (Å²) in [5.41, 5.74) is 11.1. The zero-order valence-electron chi connectivity index (χ0n) is 28.4.